The molecule has 4 rings (SSSR count). The van der Waals surface area contributed by atoms with Crippen LogP contribution in [0, 0.1) is 0 Å². The van der Waals surface area contributed by atoms with Gasteiger partial charge in [0.25, 0.3) is 5.91 Å². The summed E-state index contributed by atoms with van der Waals surface area (Å²) < 4.78 is 0. The zero-order valence-corrected chi connectivity index (χ0v) is 14.3. The van der Waals surface area contributed by atoms with Crippen molar-refractivity contribution in [2.75, 3.05) is 6.54 Å². The first kappa shape index (κ1) is 15.0. The summed E-state index contributed by atoms with van der Waals surface area (Å²) >= 11 is 1.75. The summed E-state index contributed by atoms with van der Waals surface area (Å²) in [6.07, 6.45) is 11.6. The lowest BCUT2D eigenvalue weighted by molar-refractivity contribution is 0.0738. The number of H-pyrrole nitrogens is 1. The summed E-state index contributed by atoms with van der Waals surface area (Å²) in [5.41, 5.74) is 2.61. The summed E-state index contributed by atoms with van der Waals surface area (Å²) in [5.74, 6) is 0.235. The number of fused-ring (bicyclic) bond motifs is 1. The average Bonchev–Trinajstić information content (AvgIpc) is 3.26. The highest BCUT2D eigenvalue weighted by Gasteiger charge is 2.32. The smallest absolute Gasteiger partial charge is 0.264 e. The predicted octanol–water partition coefficient (Wildman–Crippen LogP) is 4.71. The number of rotatable bonds is 2. The Morgan fingerprint density at radius 2 is 2.04 bits per heavy atom. The minimum Gasteiger partial charge on any atom is -0.363 e. The van der Waals surface area contributed by atoms with Crippen LogP contribution in [0.3, 0.4) is 0 Å². The van der Waals surface area contributed by atoms with Crippen molar-refractivity contribution >= 4 is 17.2 Å². The number of amides is 1. The standard InChI is InChI=1S/C19H24N2OS/c22-19(21-12-6-9-16(21)15-8-5-11-20-15)18-13-14-7-3-1-2-4-10-17(14)23-18/h5,8,11,13,16,20H,1-4,6-7,9-10,12H2. The molecule has 0 bridgehead atoms. The molecule has 122 valence electrons. The Labute approximate surface area is 141 Å². The molecule has 4 heteroatoms. The van der Waals surface area contributed by atoms with Crippen LogP contribution in [0.2, 0.25) is 0 Å². The van der Waals surface area contributed by atoms with Gasteiger partial charge in [0, 0.05) is 23.3 Å². The first-order valence-electron chi connectivity index (χ1n) is 8.89. The van der Waals surface area contributed by atoms with E-state index in [0.29, 0.717) is 0 Å². The highest BCUT2D eigenvalue weighted by atomic mass is 32.1. The molecule has 3 heterocycles. The average molecular weight is 328 g/mol. The van der Waals surface area contributed by atoms with Gasteiger partial charge in [0.15, 0.2) is 0 Å². The molecule has 1 N–H and O–H groups in total. The van der Waals surface area contributed by atoms with Gasteiger partial charge in [-0.05, 0) is 62.3 Å². The first-order chi connectivity index (χ1) is 11.3. The summed E-state index contributed by atoms with van der Waals surface area (Å²) in [7, 11) is 0. The lowest BCUT2D eigenvalue weighted by atomic mass is 10.00. The van der Waals surface area contributed by atoms with Gasteiger partial charge in [-0.1, -0.05) is 12.8 Å². The minimum absolute atomic E-state index is 0.224. The maximum Gasteiger partial charge on any atom is 0.264 e. The third kappa shape index (κ3) is 2.97. The molecule has 1 unspecified atom stereocenters. The number of thiophene rings is 1. The lowest BCUT2D eigenvalue weighted by Gasteiger charge is -2.23. The monoisotopic (exact) mass is 328 g/mol. The van der Waals surface area contributed by atoms with E-state index in [4.69, 9.17) is 0 Å². The van der Waals surface area contributed by atoms with Gasteiger partial charge in [0.2, 0.25) is 0 Å². The fraction of sp³-hybridized carbons (Fsp3) is 0.526. The van der Waals surface area contributed by atoms with Crippen molar-refractivity contribution in [1.29, 1.82) is 0 Å². The van der Waals surface area contributed by atoms with Gasteiger partial charge in [0.1, 0.15) is 0 Å². The van der Waals surface area contributed by atoms with Crippen LogP contribution < -0.4 is 0 Å². The van der Waals surface area contributed by atoms with Crippen molar-refractivity contribution in [3.63, 3.8) is 0 Å². The Bertz CT molecular complexity index is 648. The number of aromatic nitrogens is 1. The Morgan fingerprint density at radius 3 is 2.87 bits per heavy atom. The van der Waals surface area contributed by atoms with Gasteiger partial charge in [-0.25, -0.2) is 0 Å². The molecule has 0 spiro atoms. The Balaban J connectivity index is 1.57. The highest BCUT2D eigenvalue weighted by Crippen LogP contribution is 2.35. The van der Waals surface area contributed by atoms with Crippen LogP contribution in [-0.2, 0) is 12.8 Å². The molecular weight excluding hydrogens is 304 g/mol. The van der Waals surface area contributed by atoms with Crippen LogP contribution in [-0.4, -0.2) is 22.3 Å². The number of nitrogens with one attached hydrogen (secondary N) is 1. The number of nitrogens with zero attached hydrogens (tertiary/aromatic N) is 1. The summed E-state index contributed by atoms with van der Waals surface area (Å²) in [4.78, 5) is 20.8. The zero-order chi connectivity index (χ0) is 15.6. The van der Waals surface area contributed by atoms with Crippen LogP contribution in [0.25, 0.3) is 0 Å². The second kappa shape index (κ2) is 6.52. The largest absolute Gasteiger partial charge is 0.363 e. The predicted molar refractivity (Wildman–Crippen MR) is 94.0 cm³/mol. The Morgan fingerprint density at radius 1 is 1.17 bits per heavy atom. The molecule has 2 aromatic rings. The van der Waals surface area contributed by atoms with Gasteiger partial charge >= 0.3 is 0 Å². The number of carbonyl (C=O) groups excluding carboxylic acids is 1. The molecule has 2 aromatic heterocycles. The molecule has 1 aliphatic carbocycles. The fourth-order valence-corrected chi connectivity index (χ4v) is 5.19. The third-order valence-corrected chi connectivity index (χ3v) is 6.43. The van der Waals surface area contributed by atoms with Crippen LogP contribution in [0.5, 0.6) is 0 Å². The van der Waals surface area contributed by atoms with E-state index in [1.54, 1.807) is 11.3 Å². The molecule has 2 aliphatic rings. The molecule has 0 saturated carbocycles. The quantitative estimate of drug-likeness (QED) is 0.851. The van der Waals surface area contributed by atoms with Crippen molar-refractivity contribution < 1.29 is 4.79 Å². The van der Waals surface area contributed by atoms with Crippen molar-refractivity contribution in [3.05, 3.63) is 45.4 Å². The summed E-state index contributed by atoms with van der Waals surface area (Å²) in [5, 5.41) is 0. The van der Waals surface area contributed by atoms with Crippen molar-refractivity contribution in [1.82, 2.24) is 9.88 Å². The van der Waals surface area contributed by atoms with E-state index < -0.39 is 0 Å². The molecule has 1 saturated heterocycles. The molecule has 23 heavy (non-hydrogen) atoms. The topological polar surface area (TPSA) is 36.1 Å². The fourth-order valence-electron chi connectivity index (χ4n) is 3.98. The van der Waals surface area contributed by atoms with E-state index in [0.717, 1.165) is 37.1 Å². The highest BCUT2D eigenvalue weighted by molar-refractivity contribution is 7.14. The summed E-state index contributed by atoms with van der Waals surface area (Å²) in [6, 6.07) is 6.54. The van der Waals surface area contributed by atoms with Gasteiger partial charge in [-0.15, -0.1) is 11.3 Å². The van der Waals surface area contributed by atoms with Crippen molar-refractivity contribution in [2.24, 2.45) is 0 Å². The maximum absolute atomic E-state index is 13.1. The van der Waals surface area contributed by atoms with E-state index in [-0.39, 0.29) is 11.9 Å². The minimum atomic E-state index is 0.224. The Kier molecular flexibility index (Phi) is 4.25. The van der Waals surface area contributed by atoms with Crippen LogP contribution in [0.15, 0.2) is 24.4 Å². The molecular formula is C19H24N2OS. The SMILES string of the molecule is O=C(c1cc2c(s1)CCCCCC2)N1CCCC1c1ccc[nH]1. The lowest BCUT2D eigenvalue weighted by Crippen LogP contribution is -2.30. The number of aryl methyl sites for hydroxylation is 2. The second-order valence-electron chi connectivity index (χ2n) is 6.76. The van der Waals surface area contributed by atoms with Gasteiger partial charge in [0.05, 0.1) is 10.9 Å². The Hall–Kier alpha value is -1.55. The number of hydrogen-bond donors (Lipinski definition) is 1. The first-order valence-corrected chi connectivity index (χ1v) is 9.70. The molecule has 1 aliphatic heterocycles. The van der Waals surface area contributed by atoms with E-state index in [1.165, 1.54) is 41.8 Å². The molecule has 0 aromatic carbocycles. The molecule has 1 atom stereocenters. The van der Waals surface area contributed by atoms with Gasteiger partial charge in [-0.3, -0.25) is 4.79 Å². The van der Waals surface area contributed by atoms with Crippen LogP contribution in [0.4, 0.5) is 0 Å². The van der Waals surface area contributed by atoms with Crippen LogP contribution in [0.1, 0.15) is 70.4 Å². The van der Waals surface area contributed by atoms with E-state index in [2.05, 4.69) is 22.0 Å². The number of carbonyl (C=O) groups is 1. The summed E-state index contributed by atoms with van der Waals surface area (Å²) in [6.45, 7) is 0.880. The molecule has 1 fully saturated rings. The number of aromatic amines is 1. The van der Waals surface area contributed by atoms with E-state index in [9.17, 15) is 4.79 Å². The second-order valence-corrected chi connectivity index (χ2v) is 7.89. The van der Waals surface area contributed by atoms with Gasteiger partial charge < -0.3 is 9.88 Å². The maximum atomic E-state index is 13.1. The van der Waals surface area contributed by atoms with Gasteiger partial charge in [-0.2, -0.15) is 0 Å². The number of hydrogen-bond acceptors (Lipinski definition) is 2. The molecule has 0 radical (unpaired) electrons. The third-order valence-electron chi connectivity index (χ3n) is 5.20. The molecule has 3 nitrogen and oxygen atoms in total. The zero-order valence-electron chi connectivity index (χ0n) is 13.5. The van der Waals surface area contributed by atoms with Crippen molar-refractivity contribution in [2.45, 2.75) is 57.4 Å². The number of likely N-dealkylation sites (tertiary alicyclic amines) is 1. The van der Waals surface area contributed by atoms with Crippen LogP contribution >= 0.6 is 11.3 Å². The molecule has 1 amide bonds. The van der Waals surface area contributed by atoms with E-state index >= 15 is 0 Å². The van der Waals surface area contributed by atoms with Crippen molar-refractivity contribution in [3.8, 4) is 0 Å². The van der Waals surface area contributed by atoms with E-state index in [1.807, 2.05) is 12.3 Å². The normalized spacial score (nSPS) is 21.7.